The molecule has 0 spiro atoms. The lowest BCUT2D eigenvalue weighted by Crippen LogP contribution is -2.00. The number of benzene rings is 1. The number of hydrogen-bond acceptors (Lipinski definition) is 5. The molecule has 0 aliphatic heterocycles. The van der Waals surface area contributed by atoms with Crippen LogP contribution >= 0.6 is 15.9 Å². The molecule has 1 aromatic heterocycles. The van der Waals surface area contributed by atoms with Gasteiger partial charge in [0.15, 0.2) is 0 Å². The Labute approximate surface area is 124 Å². The van der Waals surface area contributed by atoms with Gasteiger partial charge in [-0.1, -0.05) is 19.1 Å². The second kappa shape index (κ2) is 5.96. The fourth-order valence-electron chi connectivity index (χ4n) is 1.67. The summed E-state index contributed by atoms with van der Waals surface area (Å²) in [6.07, 6.45) is 0.645. The van der Waals surface area contributed by atoms with Crippen LogP contribution in [0.15, 0.2) is 28.9 Å². The van der Waals surface area contributed by atoms with Gasteiger partial charge >= 0.3 is 5.69 Å². The Kier molecular flexibility index (Phi) is 4.29. The SMILES string of the molecule is CCc1nc(Br)cc(Oc2c(C)cccc2[N+](=O)[O-])n1. The van der Waals surface area contributed by atoms with Crippen LogP contribution in [0.2, 0.25) is 0 Å². The molecule has 104 valence electrons. The van der Waals surface area contributed by atoms with Gasteiger partial charge in [-0.15, -0.1) is 0 Å². The molecule has 0 N–H and O–H groups in total. The van der Waals surface area contributed by atoms with Crippen LogP contribution in [0.4, 0.5) is 5.69 Å². The summed E-state index contributed by atoms with van der Waals surface area (Å²) >= 11 is 3.27. The molecule has 2 aromatic rings. The number of hydrogen-bond donors (Lipinski definition) is 0. The standard InChI is InChI=1S/C13H12BrN3O3/c1-3-11-15-10(14)7-12(16-11)20-13-8(2)5-4-6-9(13)17(18)19/h4-7H,3H2,1-2H3. The van der Waals surface area contributed by atoms with E-state index in [1.165, 1.54) is 6.07 Å². The third-order valence-electron chi connectivity index (χ3n) is 2.63. The maximum absolute atomic E-state index is 11.0. The molecular formula is C13H12BrN3O3. The van der Waals surface area contributed by atoms with Gasteiger partial charge in [0.05, 0.1) is 4.92 Å². The van der Waals surface area contributed by atoms with Gasteiger partial charge in [-0.05, 0) is 28.4 Å². The van der Waals surface area contributed by atoms with Crippen molar-refractivity contribution in [2.45, 2.75) is 20.3 Å². The van der Waals surface area contributed by atoms with Gasteiger partial charge in [-0.2, -0.15) is 4.98 Å². The highest BCUT2D eigenvalue weighted by atomic mass is 79.9. The predicted octanol–water partition coefficient (Wildman–Crippen LogP) is 3.81. The number of aryl methyl sites for hydroxylation is 2. The van der Waals surface area contributed by atoms with Crippen molar-refractivity contribution >= 4 is 21.6 Å². The van der Waals surface area contributed by atoms with Gasteiger partial charge in [0.2, 0.25) is 11.6 Å². The molecule has 0 bridgehead atoms. The molecule has 7 heteroatoms. The van der Waals surface area contributed by atoms with E-state index in [1.807, 2.05) is 6.92 Å². The molecule has 0 amide bonds. The predicted molar refractivity (Wildman–Crippen MR) is 77.0 cm³/mol. The molecule has 6 nitrogen and oxygen atoms in total. The maximum atomic E-state index is 11.0. The largest absolute Gasteiger partial charge is 0.431 e. The molecule has 2 rings (SSSR count). The van der Waals surface area contributed by atoms with Gasteiger partial charge in [0, 0.05) is 18.6 Å². The van der Waals surface area contributed by atoms with E-state index in [0.717, 1.165) is 0 Å². The minimum atomic E-state index is -0.473. The molecule has 0 saturated heterocycles. The minimum absolute atomic E-state index is 0.0854. The van der Waals surface area contributed by atoms with Gasteiger partial charge in [-0.3, -0.25) is 10.1 Å². The highest BCUT2D eigenvalue weighted by Gasteiger charge is 2.18. The topological polar surface area (TPSA) is 78.2 Å². The van der Waals surface area contributed by atoms with E-state index in [2.05, 4.69) is 25.9 Å². The van der Waals surface area contributed by atoms with Crippen molar-refractivity contribution in [1.82, 2.24) is 9.97 Å². The Morgan fingerprint density at radius 2 is 2.15 bits per heavy atom. The Morgan fingerprint density at radius 3 is 2.80 bits per heavy atom. The smallest absolute Gasteiger partial charge is 0.311 e. The van der Waals surface area contributed by atoms with Crippen molar-refractivity contribution in [3.8, 4) is 11.6 Å². The van der Waals surface area contributed by atoms with Crippen molar-refractivity contribution in [2.24, 2.45) is 0 Å². The Balaban J connectivity index is 2.44. The van der Waals surface area contributed by atoms with Crippen molar-refractivity contribution in [3.63, 3.8) is 0 Å². The number of halogens is 1. The first-order valence-electron chi connectivity index (χ1n) is 5.96. The third kappa shape index (κ3) is 3.11. The Bertz CT molecular complexity index is 661. The van der Waals surface area contributed by atoms with Crippen molar-refractivity contribution in [2.75, 3.05) is 0 Å². The summed E-state index contributed by atoms with van der Waals surface area (Å²) in [5.41, 5.74) is 0.588. The number of para-hydroxylation sites is 1. The molecule has 0 aliphatic carbocycles. The number of rotatable bonds is 4. The molecule has 0 fully saturated rings. The lowest BCUT2D eigenvalue weighted by Gasteiger charge is -2.09. The molecular weight excluding hydrogens is 326 g/mol. The molecule has 0 unspecified atom stereocenters. The highest BCUT2D eigenvalue weighted by molar-refractivity contribution is 9.10. The monoisotopic (exact) mass is 337 g/mol. The summed E-state index contributed by atoms with van der Waals surface area (Å²) in [7, 11) is 0. The van der Waals surface area contributed by atoms with Gasteiger partial charge in [0.25, 0.3) is 0 Å². The first-order chi connectivity index (χ1) is 9.51. The number of nitro groups is 1. The van der Waals surface area contributed by atoms with Crippen molar-refractivity contribution < 1.29 is 9.66 Å². The second-order valence-corrected chi connectivity index (χ2v) is 4.89. The van der Waals surface area contributed by atoms with E-state index < -0.39 is 4.92 Å². The summed E-state index contributed by atoms with van der Waals surface area (Å²) in [6, 6.07) is 6.35. The molecule has 0 radical (unpaired) electrons. The average Bonchev–Trinajstić information content (AvgIpc) is 2.40. The average molecular weight is 338 g/mol. The van der Waals surface area contributed by atoms with Crippen LogP contribution in [0.3, 0.4) is 0 Å². The van der Waals surface area contributed by atoms with Crippen LogP contribution in [0, 0.1) is 17.0 Å². The Morgan fingerprint density at radius 1 is 1.40 bits per heavy atom. The van der Waals surface area contributed by atoms with E-state index in [9.17, 15) is 10.1 Å². The quantitative estimate of drug-likeness (QED) is 0.481. The zero-order valence-electron chi connectivity index (χ0n) is 11.0. The second-order valence-electron chi connectivity index (χ2n) is 4.08. The number of nitrogens with zero attached hydrogens (tertiary/aromatic N) is 3. The highest BCUT2D eigenvalue weighted by Crippen LogP contribution is 2.34. The van der Waals surface area contributed by atoms with Gasteiger partial charge in [0.1, 0.15) is 10.4 Å². The van der Waals surface area contributed by atoms with Crippen LogP contribution < -0.4 is 4.74 Å². The fraction of sp³-hybridized carbons (Fsp3) is 0.231. The van der Waals surface area contributed by atoms with E-state index >= 15 is 0 Å². The third-order valence-corrected chi connectivity index (χ3v) is 3.03. The van der Waals surface area contributed by atoms with Crippen molar-refractivity contribution in [3.05, 3.63) is 50.4 Å². The fourth-order valence-corrected chi connectivity index (χ4v) is 2.07. The minimum Gasteiger partial charge on any atom is -0.431 e. The van der Waals surface area contributed by atoms with E-state index in [1.54, 1.807) is 25.1 Å². The molecule has 0 atom stereocenters. The molecule has 1 aromatic carbocycles. The van der Waals surface area contributed by atoms with Crippen LogP contribution in [0.25, 0.3) is 0 Å². The van der Waals surface area contributed by atoms with Crippen LogP contribution in [0.1, 0.15) is 18.3 Å². The van der Waals surface area contributed by atoms with E-state index in [0.29, 0.717) is 22.4 Å². The van der Waals surface area contributed by atoms with E-state index in [4.69, 9.17) is 4.74 Å². The zero-order chi connectivity index (χ0) is 14.7. The normalized spacial score (nSPS) is 10.3. The van der Waals surface area contributed by atoms with Crippen LogP contribution in [-0.2, 0) is 6.42 Å². The molecule has 1 heterocycles. The van der Waals surface area contributed by atoms with Gasteiger partial charge in [-0.25, -0.2) is 4.98 Å². The van der Waals surface area contributed by atoms with E-state index in [-0.39, 0.29) is 17.3 Å². The number of ether oxygens (including phenoxy) is 1. The first kappa shape index (κ1) is 14.4. The molecule has 0 saturated carbocycles. The Hall–Kier alpha value is -2.02. The summed E-state index contributed by atoms with van der Waals surface area (Å²) in [5, 5.41) is 11.0. The first-order valence-corrected chi connectivity index (χ1v) is 6.76. The summed E-state index contributed by atoms with van der Waals surface area (Å²) in [5.74, 6) is 1.08. The van der Waals surface area contributed by atoms with Gasteiger partial charge < -0.3 is 4.74 Å². The number of aromatic nitrogens is 2. The lowest BCUT2D eigenvalue weighted by molar-refractivity contribution is -0.385. The van der Waals surface area contributed by atoms with Crippen molar-refractivity contribution in [1.29, 1.82) is 0 Å². The number of nitro benzene ring substituents is 1. The lowest BCUT2D eigenvalue weighted by atomic mass is 10.2. The van der Waals surface area contributed by atoms with Crippen LogP contribution in [0.5, 0.6) is 11.6 Å². The zero-order valence-corrected chi connectivity index (χ0v) is 12.5. The summed E-state index contributed by atoms with van der Waals surface area (Å²) in [4.78, 5) is 18.9. The summed E-state index contributed by atoms with van der Waals surface area (Å²) < 4.78 is 6.18. The molecule has 20 heavy (non-hydrogen) atoms. The maximum Gasteiger partial charge on any atom is 0.311 e. The van der Waals surface area contributed by atoms with Crippen LogP contribution in [-0.4, -0.2) is 14.9 Å². The molecule has 0 aliphatic rings. The summed E-state index contributed by atoms with van der Waals surface area (Å²) in [6.45, 7) is 3.67.